The Morgan fingerprint density at radius 3 is 2.77 bits per heavy atom. The molecule has 30 heavy (non-hydrogen) atoms. The van der Waals surface area contributed by atoms with E-state index in [1.807, 2.05) is 13.8 Å². The van der Waals surface area contributed by atoms with Gasteiger partial charge in [-0.1, -0.05) is 13.8 Å². The molecule has 1 aliphatic heterocycles. The fourth-order valence-corrected chi connectivity index (χ4v) is 3.38. The maximum absolute atomic E-state index is 14.1. The number of aliphatic hydroxyl groups is 1. The highest BCUT2D eigenvalue weighted by Gasteiger charge is 2.48. The number of anilines is 1. The summed E-state index contributed by atoms with van der Waals surface area (Å²) < 4.78 is 27.0. The number of carbonyl (C=O) groups is 2. The molecule has 2 aromatic heterocycles. The summed E-state index contributed by atoms with van der Waals surface area (Å²) in [5, 5.41) is 12.4. The maximum atomic E-state index is 14.1. The van der Waals surface area contributed by atoms with Gasteiger partial charge in [0.2, 0.25) is 5.91 Å². The van der Waals surface area contributed by atoms with E-state index in [2.05, 4.69) is 20.3 Å². The molecule has 0 saturated carbocycles. The number of nitrogens with zero attached hydrogens (tertiary/aromatic N) is 4. The number of amides is 1. The molecule has 0 aromatic carbocycles. The van der Waals surface area contributed by atoms with E-state index in [0.29, 0.717) is 12.8 Å². The number of nitrogens with one attached hydrogen (secondary N) is 1. The Balaban J connectivity index is 1.90. The number of esters is 1. The van der Waals surface area contributed by atoms with Crippen molar-refractivity contribution in [2.45, 2.75) is 70.8 Å². The second-order valence-corrected chi connectivity index (χ2v) is 7.47. The zero-order valence-corrected chi connectivity index (χ0v) is 17.2. The molecule has 164 valence electrons. The van der Waals surface area contributed by atoms with Gasteiger partial charge in [0.15, 0.2) is 17.0 Å². The standard InChI is InChI=1S/C19H26FN5O5/c1-4-6-12(27)22-16-15-17(24-18(20)23-16)25(10-21-15)13-8-11(19(3,9-26)30-13)29-14(28)7-5-2/h10-11,13,26H,4-9H2,1-3H3,(H,22,23,24,27)/t11-,13+,19+/m0/s1. The number of halogens is 1. The van der Waals surface area contributed by atoms with E-state index in [1.165, 1.54) is 10.9 Å². The molecular formula is C19H26FN5O5. The quantitative estimate of drug-likeness (QED) is 0.488. The number of fused-ring (bicyclic) bond motifs is 1. The van der Waals surface area contributed by atoms with E-state index in [-0.39, 0.29) is 54.7 Å². The van der Waals surface area contributed by atoms with Crippen LogP contribution >= 0.6 is 0 Å². The molecule has 11 heteroatoms. The predicted molar refractivity (Wildman–Crippen MR) is 104 cm³/mol. The van der Waals surface area contributed by atoms with E-state index in [0.717, 1.165) is 0 Å². The third-order valence-electron chi connectivity index (χ3n) is 4.98. The molecule has 2 N–H and O–H groups in total. The van der Waals surface area contributed by atoms with Gasteiger partial charge in [0.05, 0.1) is 12.9 Å². The van der Waals surface area contributed by atoms with Gasteiger partial charge in [-0.05, 0) is 19.8 Å². The highest BCUT2D eigenvalue weighted by Crippen LogP contribution is 2.39. The molecule has 3 rings (SSSR count). The molecule has 1 amide bonds. The van der Waals surface area contributed by atoms with E-state index in [9.17, 15) is 19.1 Å². The number of hydrogen-bond donors (Lipinski definition) is 2. The summed E-state index contributed by atoms with van der Waals surface area (Å²) in [5.74, 6) is -0.709. The average molecular weight is 423 g/mol. The maximum Gasteiger partial charge on any atom is 0.312 e. The zero-order chi connectivity index (χ0) is 21.9. The minimum Gasteiger partial charge on any atom is -0.459 e. The third kappa shape index (κ3) is 4.41. The summed E-state index contributed by atoms with van der Waals surface area (Å²) in [6, 6.07) is 0. The fraction of sp³-hybridized carbons (Fsp3) is 0.632. The SMILES string of the molecule is CCCC(=O)Nc1nc(F)nc2c1ncn2[C@H]1C[C@H](OC(=O)CCC)[C@@](C)(CO)O1. The van der Waals surface area contributed by atoms with Crippen LogP contribution in [0.15, 0.2) is 6.33 Å². The largest absolute Gasteiger partial charge is 0.459 e. The van der Waals surface area contributed by atoms with Crippen molar-refractivity contribution in [2.75, 3.05) is 11.9 Å². The molecule has 2 aromatic rings. The van der Waals surface area contributed by atoms with Crippen LogP contribution in [0.25, 0.3) is 11.2 Å². The van der Waals surface area contributed by atoms with E-state index >= 15 is 0 Å². The van der Waals surface area contributed by atoms with Crippen LogP contribution in [0.1, 0.15) is 59.1 Å². The lowest BCUT2D eigenvalue weighted by atomic mass is 10.00. The van der Waals surface area contributed by atoms with Gasteiger partial charge in [-0.3, -0.25) is 14.2 Å². The molecule has 0 bridgehead atoms. The monoisotopic (exact) mass is 423 g/mol. The van der Waals surface area contributed by atoms with Crippen molar-refractivity contribution in [1.82, 2.24) is 19.5 Å². The Bertz CT molecular complexity index is 935. The van der Waals surface area contributed by atoms with E-state index in [4.69, 9.17) is 9.47 Å². The number of aromatic nitrogens is 4. The van der Waals surface area contributed by atoms with Gasteiger partial charge in [-0.15, -0.1) is 0 Å². The highest BCUT2D eigenvalue weighted by molar-refractivity contribution is 5.96. The van der Waals surface area contributed by atoms with Crippen LogP contribution in [-0.4, -0.2) is 54.8 Å². The molecule has 0 unspecified atom stereocenters. The first-order valence-corrected chi connectivity index (χ1v) is 9.99. The topological polar surface area (TPSA) is 128 Å². The number of ether oxygens (including phenoxy) is 2. The summed E-state index contributed by atoms with van der Waals surface area (Å²) in [6.45, 7) is 4.98. The summed E-state index contributed by atoms with van der Waals surface area (Å²) >= 11 is 0. The smallest absolute Gasteiger partial charge is 0.312 e. The van der Waals surface area contributed by atoms with Gasteiger partial charge in [-0.2, -0.15) is 14.4 Å². The summed E-state index contributed by atoms with van der Waals surface area (Å²) in [6.07, 6.45) is 0.985. The molecule has 1 aliphatic rings. The summed E-state index contributed by atoms with van der Waals surface area (Å²) in [7, 11) is 0. The summed E-state index contributed by atoms with van der Waals surface area (Å²) in [5.41, 5.74) is -0.796. The predicted octanol–water partition coefficient (Wildman–Crippen LogP) is 2.09. The van der Waals surface area contributed by atoms with Gasteiger partial charge in [-0.25, -0.2) is 4.98 Å². The number of imidazole rings is 1. The molecule has 0 spiro atoms. The van der Waals surface area contributed by atoms with Crippen LogP contribution in [0.2, 0.25) is 0 Å². The second-order valence-electron chi connectivity index (χ2n) is 7.47. The number of carbonyl (C=O) groups excluding carboxylic acids is 2. The van der Waals surface area contributed by atoms with Crippen LogP contribution in [0.5, 0.6) is 0 Å². The Morgan fingerprint density at radius 2 is 2.10 bits per heavy atom. The van der Waals surface area contributed by atoms with Crippen LogP contribution < -0.4 is 5.32 Å². The lowest BCUT2D eigenvalue weighted by molar-refractivity contribution is -0.164. The average Bonchev–Trinajstić information content (AvgIpc) is 3.24. The summed E-state index contributed by atoms with van der Waals surface area (Å²) in [4.78, 5) is 35.6. The first kappa shape index (κ1) is 22.0. The molecule has 10 nitrogen and oxygen atoms in total. The molecule has 0 radical (unpaired) electrons. The van der Waals surface area contributed by atoms with Gasteiger partial charge < -0.3 is 19.9 Å². The van der Waals surface area contributed by atoms with Crippen LogP contribution in [0.3, 0.4) is 0 Å². The fourth-order valence-electron chi connectivity index (χ4n) is 3.38. The Morgan fingerprint density at radius 1 is 1.37 bits per heavy atom. The lowest BCUT2D eigenvalue weighted by Gasteiger charge is -2.27. The van der Waals surface area contributed by atoms with Crippen molar-refractivity contribution in [3.05, 3.63) is 12.4 Å². The van der Waals surface area contributed by atoms with Crippen molar-refractivity contribution in [1.29, 1.82) is 0 Å². The Hall–Kier alpha value is -2.66. The molecular weight excluding hydrogens is 397 g/mol. The second kappa shape index (κ2) is 9.00. The van der Waals surface area contributed by atoms with E-state index < -0.39 is 24.0 Å². The highest BCUT2D eigenvalue weighted by atomic mass is 19.1. The normalized spacial score (nSPS) is 23.6. The van der Waals surface area contributed by atoms with Crippen molar-refractivity contribution < 1.29 is 28.6 Å². The van der Waals surface area contributed by atoms with Crippen LogP contribution in [-0.2, 0) is 19.1 Å². The number of rotatable bonds is 8. The molecule has 0 aliphatic carbocycles. The van der Waals surface area contributed by atoms with Gasteiger partial charge in [0, 0.05) is 19.3 Å². The first-order valence-electron chi connectivity index (χ1n) is 9.99. The van der Waals surface area contributed by atoms with Crippen molar-refractivity contribution in [3.8, 4) is 0 Å². The Kier molecular flexibility index (Phi) is 6.61. The Labute approximate surface area is 172 Å². The minimum absolute atomic E-state index is 0.0245. The molecule has 1 saturated heterocycles. The van der Waals surface area contributed by atoms with Gasteiger partial charge >= 0.3 is 12.0 Å². The van der Waals surface area contributed by atoms with Crippen molar-refractivity contribution in [2.24, 2.45) is 0 Å². The molecule has 1 fully saturated rings. The van der Waals surface area contributed by atoms with Crippen molar-refractivity contribution in [3.63, 3.8) is 0 Å². The number of aliphatic hydroxyl groups excluding tert-OH is 1. The van der Waals surface area contributed by atoms with Crippen molar-refractivity contribution >= 4 is 28.9 Å². The van der Waals surface area contributed by atoms with Crippen LogP contribution in [0, 0.1) is 6.08 Å². The van der Waals surface area contributed by atoms with Gasteiger partial charge in [0.1, 0.15) is 17.9 Å². The van der Waals surface area contributed by atoms with Gasteiger partial charge in [0.25, 0.3) is 0 Å². The van der Waals surface area contributed by atoms with Crippen LogP contribution in [0.4, 0.5) is 10.2 Å². The zero-order valence-electron chi connectivity index (χ0n) is 17.2. The lowest BCUT2D eigenvalue weighted by Crippen LogP contribution is -2.42. The third-order valence-corrected chi connectivity index (χ3v) is 4.98. The molecule has 3 heterocycles. The molecule has 3 atom stereocenters. The first-order chi connectivity index (χ1) is 14.3. The minimum atomic E-state index is -1.13. The number of hydrogen-bond acceptors (Lipinski definition) is 8. The van der Waals surface area contributed by atoms with E-state index in [1.54, 1.807) is 6.92 Å².